The lowest BCUT2D eigenvalue weighted by Crippen LogP contribution is -2.41. The van der Waals surface area contributed by atoms with Crippen molar-refractivity contribution in [2.24, 2.45) is 5.73 Å². The van der Waals surface area contributed by atoms with Crippen LogP contribution in [0.1, 0.15) is 12.0 Å². The highest BCUT2D eigenvalue weighted by Gasteiger charge is 2.25. The van der Waals surface area contributed by atoms with Crippen LogP contribution in [0.4, 0.5) is 5.69 Å². The van der Waals surface area contributed by atoms with E-state index in [1.165, 1.54) is 4.90 Å². The minimum absolute atomic E-state index is 0.0893. The van der Waals surface area contributed by atoms with Crippen LogP contribution in [-0.2, 0) is 16.0 Å². The van der Waals surface area contributed by atoms with E-state index in [2.05, 4.69) is 0 Å². The van der Waals surface area contributed by atoms with Gasteiger partial charge >= 0.3 is 0 Å². The van der Waals surface area contributed by atoms with E-state index in [0.717, 1.165) is 5.56 Å². The van der Waals surface area contributed by atoms with Gasteiger partial charge in [0.15, 0.2) is 0 Å². The number of primary amides is 1. The van der Waals surface area contributed by atoms with Crippen molar-refractivity contribution >= 4 is 29.1 Å². The lowest BCUT2D eigenvalue weighted by atomic mass is 10.0. The molecule has 0 atom stereocenters. The van der Waals surface area contributed by atoms with Gasteiger partial charge in [0.05, 0.1) is 0 Å². The zero-order valence-corrected chi connectivity index (χ0v) is 9.33. The third-order valence-electron chi connectivity index (χ3n) is 2.56. The Balaban J connectivity index is 2.42. The van der Waals surface area contributed by atoms with E-state index in [0.29, 0.717) is 23.6 Å². The van der Waals surface area contributed by atoms with E-state index in [4.69, 9.17) is 17.3 Å². The molecule has 0 fully saturated rings. The first kappa shape index (κ1) is 11.0. The zero-order valence-electron chi connectivity index (χ0n) is 8.57. The Bertz CT molecular complexity index is 459. The Morgan fingerprint density at radius 1 is 1.44 bits per heavy atom. The first-order valence-corrected chi connectivity index (χ1v) is 5.33. The number of carbonyl (C=O) groups excluding carboxylic acids is 2. The average molecular weight is 239 g/mol. The molecule has 0 radical (unpaired) electrons. The number of hydrogen-bond acceptors (Lipinski definition) is 2. The number of nitrogens with zero attached hydrogens (tertiary/aromatic N) is 1. The minimum Gasteiger partial charge on any atom is -0.368 e. The number of halogens is 1. The maximum Gasteiger partial charge on any atom is 0.237 e. The van der Waals surface area contributed by atoms with E-state index in [9.17, 15) is 9.59 Å². The SMILES string of the molecule is NC(=O)CN1C(=O)CCc2ccc(Cl)cc21. The zero-order chi connectivity index (χ0) is 11.7. The number of anilines is 1. The molecule has 0 saturated carbocycles. The van der Waals surface area contributed by atoms with Crippen LogP contribution in [0.25, 0.3) is 0 Å². The van der Waals surface area contributed by atoms with Gasteiger partial charge in [0, 0.05) is 17.1 Å². The van der Waals surface area contributed by atoms with Crippen LogP contribution < -0.4 is 10.6 Å². The fourth-order valence-corrected chi connectivity index (χ4v) is 2.01. The Kier molecular flexibility index (Phi) is 2.83. The van der Waals surface area contributed by atoms with Gasteiger partial charge in [0.2, 0.25) is 11.8 Å². The highest BCUT2D eigenvalue weighted by molar-refractivity contribution is 6.31. The summed E-state index contributed by atoms with van der Waals surface area (Å²) in [7, 11) is 0. The Morgan fingerprint density at radius 2 is 2.19 bits per heavy atom. The second kappa shape index (κ2) is 4.14. The number of amides is 2. The molecule has 0 unspecified atom stereocenters. The molecule has 0 saturated heterocycles. The van der Waals surface area contributed by atoms with Crippen LogP contribution >= 0.6 is 11.6 Å². The van der Waals surface area contributed by atoms with E-state index in [1.807, 2.05) is 6.07 Å². The normalized spacial score (nSPS) is 14.8. The van der Waals surface area contributed by atoms with Gasteiger partial charge in [-0.25, -0.2) is 0 Å². The largest absolute Gasteiger partial charge is 0.368 e. The third kappa shape index (κ3) is 2.02. The molecule has 2 N–H and O–H groups in total. The topological polar surface area (TPSA) is 63.4 Å². The van der Waals surface area contributed by atoms with E-state index in [-0.39, 0.29) is 12.5 Å². The summed E-state index contributed by atoms with van der Waals surface area (Å²) in [5.41, 5.74) is 6.83. The van der Waals surface area contributed by atoms with Crippen molar-refractivity contribution in [1.82, 2.24) is 0 Å². The maximum absolute atomic E-state index is 11.7. The monoisotopic (exact) mass is 238 g/mol. The van der Waals surface area contributed by atoms with Crippen molar-refractivity contribution in [2.75, 3.05) is 11.4 Å². The predicted molar refractivity (Wildman–Crippen MR) is 61.3 cm³/mol. The van der Waals surface area contributed by atoms with Crippen LogP contribution in [0.3, 0.4) is 0 Å². The van der Waals surface area contributed by atoms with Crippen molar-refractivity contribution < 1.29 is 9.59 Å². The Morgan fingerprint density at radius 3 is 2.88 bits per heavy atom. The number of hydrogen-bond donors (Lipinski definition) is 1. The molecule has 4 nitrogen and oxygen atoms in total. The van der Waals surface area contributed by atoms with Gasteiger partial charge in [-0.05, 0) is 24.1 Å². The second-order valence-corrected chi connectivity index (χ2v) is 4.16. The Hall–Kier alpha value is -1.55. The highest BCUT2D eigenvalue weighted by atomic mass is 35.5. The van der Waals surface area contributed by atoms with E-state index >= 15 is 0 Å². The molecule has 16 heavy (non-hydrogen) atoms. The molecule has 1 aromatic carbocycles. The fourth-order valence-electron chi connectivity index (χ4n) is 1.84. The van der Waals surface area contributed by atoms with Gasteiger partial charge < -0.3 is 10.6 Å². The van der Waals surface area contributed by atoms with Gasteiger partial charge in [0.1, 0.15) is 6.54 Å². The third-order valence-corrected chi connectivity index (χ3v) is 2.80. The molecular formula is C11H11ClN2O2. The molecule has 1 aliphatic heterocycles. The summed E-state index contributed by atoms with van der Waals surface area (Å²) in [6.45, 7) is -0.0911. The van der Waals surface area contributed by atoms with Gasteiger partial charge in [0.25, 0.3) is 0 Å². The maximum atomic E-state index is 11.7. The molecule has 2 amide bonds. The fraction of sp³-hybridized carbons (Fsp3) is 0.273. The van der Waals surface area contributed by atoms with Gasteiger partial charge in [-0.1, -0.05) is 17.7 Å². The first-order chi connectivity index (χ1) is 7.58. The highest BCUT2D eigenvalue weighted by Crippen LogP contribution is 2.30. The summed E-state index contributed by atoms with van der Waals surface area (Å²) in [4.78, 5) is 24.0. The first-order valence-electron chi connectivity index (χ1n) is 4.95. The summed E-state index contributed by atoms with van der Waals surface area (Å²) in [5, 5.41) is 0.544. The standard InChI is InChI=1S/C11H11ClN2O2/c12-8-3-1-7-2-4-11(16)14(6-10(13)15)9(7)5-8/h1,3,5H,2,4,6H2,(H2,13,15). The molecule has 1 aromatic rings. The number of carbonyl (C=O) groups is 2. The summed E-state index contributed by atoms with van der Waals surface area (Å²) >= 11 is 5.87. The molecule has 0 spiro atoms. The van der Waals surface area contributed by atoms with Crippen molar-refractivity contribution in [1.29, 1.82) is 0 Å². The van der Waals surface area contributed by atoms with Crippen LogP contribution in [0.5, 0.6) is 0 Å². The molecule has 0 aromatic heterocycles. The van der Waals surface area contributed by atoms with Gasteiger partial charge in [-0.2, -0.15) is 0 Å². The van der Waals surface area contributed by atoms with Gasteiger partial charge in [-0.3, -0.25) is 9.59 Å². The number of fused-ring (bicyclic) bond motifs is 1. The molecule has 84 valence electrons. The summed E-state index contributed by atoms with van der Waals surface area (Å²) in [6.07, 6.45) is 1.09. The average Bonchev–Trinajstić information content (AvgIpc) is 2.22. The van der Waals surface area contributed by atoms with Gasteiger partial charge in [-0.15, -0.1) is 0 Å². The lowest BCUT2D eigenvalue weighted by molar-refractivity contribution is -0.122. The predicted octanol–water partition coefficient (Wildman–Crippen LogP) is 1.10. The van der Waals surface area contributed by atoms with Crippen molar-refractivity contribution in [3.05, 3.63) is 28.8 Å². The molecule has 0 bridgehead atoms. The van der Waals surface area contributed by atoms with Crippen molar-refractivity contribution in [2.45, 2.75) is 12.8 Å². The van der Waals surface area contributed by atoms with Crippen molar-refractivity contribution in [3.8, 4) is 0 Å². The lowest BCUT2D eigenvalue weighted by Gasteiger charge is -2.28. The number of nitrogens with two attached hydrogens (primary N) is 1. The molecular weight excluding hydrogens is 228 g/mol. The van der Waals surface area contributed by atoms with Crippen molar-refractivity contribution in [3.63, 3.8) is 0 Å². The Labute approximate surface area is 98.0 Å². The quantitative estimate of drug-likeness (QED) is 0.839. The molecule has 2 rings (SSSR count). The minimum atomic E-state index is -0.527. The smallest absolute Gasteiger partial charge is 0.237 e. The van der Waals surface area contributed by atoms with E-state index < -0.39 is 5.91 Å². The van der Waals surface area contributed by atoms with E-state index in [1.54, 1.807) is 12.1 Å². The van der Waals surface area contributed by atoms with Crippen LogP contribution in [0.15, 0.2) is 18.2 Å². The number of aryl methyl sites for hydroxylation is 1. The summed E-state index contributed by atoms with van der Waals surface area (Å²) in [6, 6.07) is 5.34. The molecule has 1 heterocycles. The second-order valence-electron chi connectivity index (χ2n) is 3.72. The molecule has 0 aliphatic carbocycles. The number of benzene rings is 1. The van der Waals surface area contributed by atoms with Crippen LogP contribution in [0, 0.1) is 0 Å². The molecule has 5 heteroatoms. The number of rotatable bonds is 2. The molecule has 1 aliphatic rings. The van der Waals surface area contributed by atoms with Crippen LogP contribution in [0.2, 0.25) is 5.02 Å². The summed E-state index contributed by atoms with van der Waals surface area (Å²) < 4.78 is 0. The van der Waals surface area contributed by atoms with Crippen LogP contribution in [-0.4, -0.2) is 18.4 Å². The summed E-state index contributed by atoms with van der Waals surface area (Å²) in [5.74, 6) is -0.616.